The number of hydrogen-bond donors (Lipinski definition) is 1. The molecule has 1 aliphatic carbocycles. The van der Waals surface area contributed by atoms with Crippen molar-refractivity contribution < 1.29 is 4.79 Å². The SMILES string of the molecule is CCC1(C)SC(=NC2CC(C)CC(C)(C)C2)NC1=O. The molecule has 1 saturated carbocycles. The molecule has 4 heteroatoms. The number of carbonyl (C=O) groups is 1. The van der Waals surface area contributed by atoms with E-state index in [0.29, 0.717) is 11.5 Å². The van der Waals surface area contributed by atoms with E-state index in [1.807, 2.05) is 6.92 Å². The first-order valence-corrected chi connectivity index (χ1v) is 8.14. The summed E-state index contributed by atoms with van der Waals surface area (Å²) in [5, 5.41) is 3.80. The smallest absolute Gasteiger partial charge is 0.242 e. The highest BCUT2D eigenvalue weighted by atomic mass is 32.2. The molecule has 2 aliphatic rings. The van der Waals surface area contributed by atoms with Crippen LogP contribution in [0.2, 0.25) is 0 Å². The second kappa shape index (κ2) is 5.12. The van der Waals surface area contributed by atoms with E-state index in [0.717, 1.165) is 30.3 Å². The molecule has 2 rings (SSSR count). The molecule has 0 spiro atoms. The van der Waals surface area contributed by atoms with Crippen LogP contribution in [-0.4, -0.2) is 21.9 Å². The van der Waals surface area contributed by atoms with Gasteiger partial charge < -0.3 is 5.32 Å². The van der Waals surface area contributed by atoms with E-state index in [4.69, 9.17) is 4.99 Å². The minimum atomic E-state index is -0.325. The van der Waals surface area contributed by atoms with Crippen LogP contribution in [0.5, 0.6) is 0 Å². The molecule has 1 amide bonds. The van der Waals surface area contributed by atoms with E-state index in [2.05, 4.69) is 33.0 Å². The molecular weight excluding hydrogens is 256 g/mol. The van der Waals surface area contributed by atoms with Gasteiger partial charge in [-0.05, 0) is 43.9 Å². The molecule has 0 aromatic heterocycles. The van der Waals surface area contributed by atoms with Crippen LogP contribution in [0.4, 0.5) is 0 Å². The lowest BCUT2D eigenvalue weighted by Crippen LogP contribution is -2.34. The number of hydrogen-bond acceptors (Lipinski definition) is 3. The molecule has 1 saturated heterocycles. The Morgan fingerprint density at radius 2 is 2.05 bits per heavy atom. The Hall–Kier alpha value is -0.510. The molecule has 0 aromatic carbocycles. The number of nitrogens with one attached hydrogen (secondary N) is 1. The zero-order valence-electron chi connectivity index (χ0n) is 12.7. The van der Waals surface area contributed by atoms with Crippen LogP contribution in [-0.2, 0) is 4.79 Å². The zero-order chi connectivity index (χ0) is 14.3. The lowest BCUT2D eigenvalue weighted by Gasteiger charge is -2.37. The number of rotatable bonds is 2. The van der Waals surface area contributed by atoms with Gasteiger partial charge in [-0.25, -0.2) is 0 Å². The van der Waals surface area contributed by atoms with Gasteiger partial charge in [0.25, 0.3) is 0 Å². The minimum absolute atomic E-state index is 0.113. The van der Waals surface area contributed by atoms with Crippen molar-refractivity contribution in [1.82, 2.24) is 5.32 Å². The summed E-state index contributed by atoms with van der Waals surface area (Å²) < 4.78 is -0.325. The Morgan fingerprint density at radius 3 is 2.58 bits per heavy atom. The number of amides is 1. The lowest BCUT2D eigenvalue weighted by molar-refractivity contribution is -0.121. The van der Waals surface area contributed by atoms with Crippen molar-refractivity contribution in [2.24, 2.45) is 16.3 Å². The van der Waals surface area contributed by atoms with E-state index < -0.39 is 0 Å². The normalized spacial score (nSPS) is 40.5. The molecule has 0 aromatic rings. The van der Waals surface area contributed by atoms with Gasteiger partial charge in [-0.15, -0.1) is 0 Å². The van der Waals surface area contributed by atoms with Gasteiger partial charge in [-0.1, -0.05) is 39.5 Å². The van der Waals surface area contributed by atoms with Crippen LogP contribution in [0, 0.1) is 11.3 Å². The molecule has 3 unspecified atom stereocenters. The molecule has 2 fully saturated rings. The summed E-state index contributed by atoms with van der Waals surface area (Å²) in [5.74, 6) is 0.833. The standard InChI is InChI=1S/C15H26N2OS/c1-6-15(5)12(18)17-13(19-15)16-11-7-10(2)8-14(3,4)9-11/h10-11H,6-9H2,1-5H3,(H,16,17,18). The average molecular weight is 282 g/mol. The highest BCUT2D eigenvalue weighted by Crippen LogP contribution is 2.41. The highest BCUT2D eigenvalue weighted by Gasteiger charge is 2.41. The lowest BCUT2D eigenvalue weighted by atomic mass is 9.71. The van der Waals surface area contributed by atoms with E-state index >= 15 is 0 Å². The van der Waals surface area contributed by atoms with Crippen molar-refractivity contribution in [2.75, 3.05) is 0 Å². The van der Waals surface area contributed by atoms with Crippen molar-refractivity contribution >= 4 is 22.8 Å². The fraction of sp³-hybridized carbons (Fsp3) is 0.867. The molecule has 3 atom stereocenters. The Kier molecular flexibility index (Phi) is 4.01. The number of aliphatic imine (C=N–C) groups is 1. The Balaban J connectivity index is 2.08. The monoisotopic (exact) mass is 282 g/mol. The second-order valence-electron chi connectivity index (χ2n) is 7.14. The number of thioether (sulfide) groups is 1. The van der Waals surface area contributed by atoms with Gasteiger partial charge in [0.05, 0.1) is 10.8 Å². The van der Waals surface area contributed by atoms with Gasteiger partial charge in [0.15, 0.2) is 5.17 Å². The molecule has 0 bridgehead atoms. The van der Waals surface area contributed by atoms with Crippen LogP contribution < -0.4 is 5.32 Å². The van der Waals surface area contributed by atoms with Crippen LogP contribution in [0.15, 0.2) is 4.99 Å². The van der Waals surface area contributed by atoms with Crippen LogP contribution in [0.25, 0.3) is 0 Å². The predicted molar refractivity (Wildman–Crippen MR) is 82.4 cm³/mol. The van der Waals surface area contributed by atoms with Crippen LogP contribution >= 0.6 is 11.8 Å². The van der Waals surface area contributed by atoms with Crippen LogP contribution in [0.1, 0.15) is 60.3 Å². The maximum absolute atomic E-state index is 12.0. The second-order valence-corrected chi connectivity index (χ2v) is 8.63. The Morgan fingerprint density at radius 1 is 1.37 bits per heavy atom. The topological polar surface area (TPSA) is 41.5 Å². The number of amidine groups is 1. The first-order chi connectivity index (χ1) is 8.74. The number of carbonyl (C=O) groups excluding carboxylic acids is 1. The fourth-order valence-corrected chi connectivity index (χ4v) is 4.43. The summed E-state index contributed by atoms with van der Waals surface area (Å²) >= 11 is 1.61. The maximum Gasteiger partial charge on any atom is 0.242 e. The summed E-state index contributed by atoms with van der Waals surface area (Å²) in [5.41, 5.74) is 0.369. The quantitative estimate of drug-likeness (QED) is 0.841. The molecule has 3 nitrogen and oxygen atoms in total. The number of nitrogens with zero attached hydrogens (tertiary/aromatic N) is 1. The third kappa shape index (κ3) is 3.33. The fourth-order valence-electron chi connectivity index (χ4n) is 3.37. The van der Waals surface area contributed by atoms with Gasteiger partial charge in [-0.3, -0.25) is 9.79 Å². The minimum Gasteiger partial charge on any atom is -0.304 e. The largest absolute Gasteiger partial charge is 0.304 e. The molecule has 19 heavy (non-hydrogen) atoms. The summed E-state index contributed by atoms with van der Waals surface area (Å²) in [4.78, 5) is 16.8. The first kappa shape index (κ1) is 14.9. The van der Waals surface area contributed by atoms with Crippen molar-refractivity contribution in [2.45, 2.75) is 71.1 Å². The van der Waals surface area contributed by atoms with Crippen molar-refractivity contribution in [3.05, 3.63) is 0 Å². The van der Waals surface area contributed by atoms with E-state index in [1.165, 1.54) is 6.42 Å². The van der Waals surface area contributed by atoms with E-state index in [1.54, 1.807) is 11.8 Å². The van der Waals surface area contributed by atoms with Gasteiger partial charge in [0, 0.05) is 0 Å². The van der Waals surface area contributed by atoms with Gasteiger partial charge in [-0.2, -0.15) is 0 Å². The summed E-state index contributed by atoms with van der Waals surface area (Å²) in [6.07, 6.45) is 4.39. The Labute approximate surface area is 121 Å². The van der Waals surface area contributed by atoms with Crippen LogP contribution in [0.3, 0.4) is 0 Å². The van der Waals surface area contributed by atoms with Crippen molar-refractivity contribution in [3.63, 3.8) is 0 Å². The summed E-state index contributed by atoms with van der Waals surface area (Å²) in [7, 11) is 0. The molecule has 1 aliphatic heterocycles. The highest BCUT2D eigenvalue weighted by molar-refractivity contribution is 8.16. The van der Waals surface area contributed by atoms with E-state index in [9.17, 15) is 4.79 Å². The average Bonchev–Trinajstić information content (AvgIpc) is 2.51. The van der Waals surface area contributed by atoms with E-state index in [-0.39, 0.29) is 10.7 Å². The third-order valence-electron chi connectivity index (χ3n) is 4.36. The zero-order valence-corrected chi connectivity index (χ0v) is 13.6. The van der Waals surface area contributed by atoms with Gasteiger partial charge in [0.1, 0.15) is 0 Å². The first-order valence-electron chi connectivity index (χ1n) is 7.32. The maximum atomic E-state index is 12.0. The summed E-state index contributed by atoms with van der Waals surface area (Å²) in [6, 6.07) is 0.362. The molecule has 108 valence electrons. The molecule has 1 heterocycles. The van der Waals surface area contributed by atoms with Gasteiger partial charge in [0.2, 0.25) is 5.91 Å². The van der Waals surface area contributed by atoms with Gasteiger partial charge >= 0.3 is 0 Å². The molecule has 0 radical (unpaired) electrons. The molecular formula is C15H26N2OS. The molecule has 1 N–H and O–H groups in total. The predicted octanol–water partition coefficient (Wildman–Crippen LogP) is 3.59. The van der Waals surface area contributed by atoms with Crippen molar-refractivity contribution in [1.29, 1.82) is 0 Å². The third-order valence-corrected chi connectivity index (χ3v) is 5.69. The Bertz CT molecular complexity index is 405. The summed E-state index contributed by atoms with van der Waals surface area (Å²) in [6.45, 7) is 11.0. The van der Waals surface area contributed by atoms with Crippen molar-refractivity contribution in [3.8, 4) is 0 Å².